The molecule has 1 saturated heterocycles. The lowest BCUT2D eigenvalue weighted by molar-refractivity contribution is 0.585. The van der Waals surface area contributed by atoms with Crippen LogP contribution in [0.3, 0.4) is 0 Å². The van der Waals surface area contributed by atoms with Gasteiger partial charge in [-0.05, 0) is 24.6 Å². The molecule has 31 heavy (non-hydrogen) atoms. The number of rotatable bonds is 6. The Morgan fingerprint density at radius 3 is 2.68 bits per heavy atom. The Labute approximate surface area is 183 Å². The first-order valence-electron chi connectivity index (χ1n) is 10.6. The predicted molar refractivity (Wildman–Crippen MR) is 129 cm³/mol. The van der Waals surface area contributed by atoms with Gasteiger partial charge >= 0.3 is 0 Å². The zero-order chi connectivity index (χ0) is 21.6. The number of hydrogen-bond acceptors (Lipinski definition) is 7. The maximum Gasteiger partial charge on any atom is 0.172 e. The molecule has 2 aromatic carbocycles. The van der Waals surface area contributed by atoms with Crippen molar-refractivity contribution in [3.8, 4) is 11.3 Å². The minimum Gasteiger partial charge on any atom is -0.398 e. The van der Waals surface area contributed by atoms with Crippen LogP contribution >= 0.6 is 0 Å². The monoisotopic (exact) mass is 415 g/mol. The Morgan fingerprint density at radius 2 is 1.94 bits per heavy atom. The molecule has 1 aliphatic heterocycles. The minimum atomic E-state index is 0.701. The molecule has 4 rings (SSSR count). The lowest BCUT2D eigenvalue weighted by Crippen LogP contribution is -2.44. The van der Waals surface area contributed by atoms with Gasteiger partial charge in [0.05, 0.1) is 11.9 Å². The van der Waals surface area contributed by atoms with Crippen LogP contribution in [0.4, 0.5) is 17.3 Å². The summed E-state index contributed by atoms with van der Waals surface area (Å²) in [6.07, 6.45) is 1.83. The van der Waals surface area contributed by atoms with E-state index in [0.29, 0.717) is 12.2 Å². The van der Waals surface area contributed by atoms with E-state index in [0.717, 1.165) is 60.3 Å². The van der Waals surface area contributed by atoms with Crippen LogP contribution in [-0.2, 0) is 6.54 Å². The Morgan fingerprint density at radius 1 is 1.16 bits per heavy atom. The topological polar surface area (TPSA) is 91.5 Å². The van der Waals surface area contributed by atoms with Gasteiger partial charge in [0.15, 0.2) is 11.6 Å². The summed E-state index contributed by atoms with van der Waals surface area (Å²) in [6.45, 7) is 6.32. The average Bonchev–Trinajstić information content (AvgIpc) is 2.83. The minimum absolute atomic E-state index is 0.701. The molecule has 0 bridgehead atoms. The van der Waals surface area contributed by atoms with E-state index in [-0.39, 0.29) is 0 Å². The van der Waals surface area contributed by atoms with Crippen LogP contribution in [0.5, 0.6) is 0 Å². The summed E-state index contributed by atoms with van der Waals surface area (Å²) in [7, 11) is 1.77. The van der Waals surface area contributed by atoms with Crippen molar-refractivity contribution >= 4 is 23.0 Å². The molecule has 0 aliphatic carbocycles. The summed E-state index contributed by atoms with van der Waals surface area (Å²) in [6, 6.07) is 16.3. The van der Waals surface area contributed by atoms with Crippen molar-refractivity contribution in [2.75, 3.05) is 49.2 Å². The molecule has 3 aromatic rings. The van der Waals surface area contributed by atoms with E-state index in [1.54, 1.807) is 7.05 Å². The number of aliphatic imine (C=N–C) groups is 1. The van der Waals surface area contributed by atoms with E-state index < -0.39 is 0 Å². The van der Waals surface area contributed by atoms with Crippen LogP contribution in [0, 0.1) is 0 Å². The van der Waals surface area contributed by atoms with Gasteiger partial charge in [0.25, 0.3) is 0 Å². The number of piperazine rings is 1. The van der Waals surface area contributed by atoms with Gasteiger partial charge in [0, 0.05) is 62.3 Å². The highest BCUT2D eigenvalue weighted by molar-refractivity contribution is 6.04. The summed E-state index contributed by atoms with van der Waals surface area (Å²) in [4.78, 5) is 16.4. The number of aromatic nitrogens is 2. The second kappa shape index (κ2) is 9.57. The fourth-order valence-corrected chi connectivity index (χ4v) is 3.67. The first-order valence-corrected chi connectivity index (χ1v) is 10.6. The first kappa shape index (κ1) is 20.8. The van der Waals surface area contributed by atoms with Gasteiger partial charge in [-0.2, -0.15) is 0 Å². The van der Waals surface area contributed by atoms with E-state index in [9.17, 15) is 0 Å². The molecule has 0 amide bonds. The summed E-state index contributed by atoms with van der Waals surface area (Å²) < 4.78 is 0. The summed E-state index contributed by atoms with van der Waals surface area (Å²) in [5.74, 6) is 1.69. The van der Waals surface area contributed by atoms with Crippen LogP contribution in [-0.4, -0.2) is 48.9 Å². The van der Waals surface area contributed by atoms with Crippen molar-refractivity contribution in [3.63, 3.8) is 0 Å². The summed E-state index contributed by atoms with van der Waals surface area (Å²) in [5.41, 5.74) is 11.7. The number of benzene rings is 2. The Balaban J connectivity index is 1.68. The molecule has 1 aliphatic rings. The molecule has 0 atom stereocenters. The van der Waals surface area contributed by atoms with Crippen LogP contribution in [0.1, 0.15) is 18.1 Å². The number of hydrogen-bond donors (Lipinski definition) is 3. The van der Waals surface area contributed by atoms with Crippen molar-refractivity contribution in [2.45, 2.75) is 13.5 Å². The highest BCUT2D eigenvalue weighted by Gasteiger charge is 2.18. The standard InChI is InChI=1S/C24H29N7/c1-17(26-2)20-14-19(8-9-21(20)25)22-16-29-23(28-15-18-6-4-3-5-7-18)24(30-22)31-12-10-27-11-13-31/h3-9,14,16,27H,10-13,15,25H2,1-2H3,(H,28,29). The molecular formula is C24H29N7. The fourth-order valence-electron chi connectivity index (χ4n) is 3.67. The van der Waals surface area contributed by atoms with Gasteiger partial charge in [-0.3, -0.25) is 4.99 Å². The molecule has 7 nitrogen and oxygen atoms in total. The summed E-state index contributed by atoms with van der Waals surface area (Å²) in [5, 5.41) is 6.88. The zero-order valence-corrected chi connectivity index (χ0v) is 18.1. The van der Waals surface area contributed by atoms with Crippen molar-refractivity contribution in [1.82, 2.24) is 15.3 Å². The van der Waals surface area contributed by atoms with Crippen LogP contribution in [0.15, 0.2) is 59.7 Å². The molecule has 0 saturated carbocycles. The maximum atomic E-state index is 6.17. The summed E-state index contributed by atoms with van der Waals surface area (Å²) >= 11 is 0. The van der Waals surface area contributed by atoms with E-state index in [1.807, 2.05) is 49.5 Å². The van der Waals surface area contributed by atoms with Crippen LogP contribution in [0.25, 0.3) is 11.3 Å². The average molecular weight is 416 g/mol. The smallest absolute Gasteiger partial charge is 0.172 e. The van der Waals surface area contributed by atoms with Gasteiger partial charge in [0.1, 0.15) is 0 Å². The zero-order valence-electron chi connectivity index (χ0n) is 18.1. The number of nitrogens with one attached hydrogen (secondary N) is 2. The van der Waals surface area contributed by atoms with Crippen molar-refractivity contribution in [3.05, 3.63) is 65.9 Å². The van der Waals surface area contributed by atoms with E-state index in [2.05, 4.69) is 32.7 Å². The lowest BCUT2D eigenvalue weighted by Gasteiger charge is -2.30. The van der Waals surface area contributed by atoms with Gasteiger partial charge in [-0.1, -0.05) is 36.4 Å². The maximum absolute atomic E-state index is 6.17. The second-order valence-electron chi connectivity index (χ2n) is 7.61. The first-order chi connectivity index (χ1) is 15.2. The van der Waals surface area contributed by atoms with Gasteiger partial charge in [0.2, 0.25) is 0 Å². The third-order valence-electron chi connectivity index (χ3n) is 5.55. The predicted octanol–water partition coefficient (Wildman–Crippen LogP) is 3.19. The number of anilines is 3. The molecule has 0 radical (unpaired) electrons. The Kier molecular flexibility index (Phi) is 6.43. The molecule has 7 heteroatoms. The van der Waals surface area contributed by atoms with Crippen molar-refractivity contribution in [1.29, 1.82) is 0 Å². The van der Waals surface area contributed by atoms with E-state index >= 15 is 0 Å². The van der Waals surface area contributed by atoms with Crippen molar-refractivity contribution < 1.29 is 0 Å². The van der Waals surface area contributed by atoms with Gasteiger partial charge in [-0.15, -0.1) is 0 Å². The third-order valence-corrected chi connectivity index (χ3v) is 5.55. The quantitative estimate of drug-likeness (QED) is 0.423. The molecule has 1 aromatic heterocycles. The number of nitrogens with zero attached hydrogens (tertiary/aromatic N) is 4. The molecule has 160 valence electrons. The normalized spacial score (nSPS) is 14.5. The molecule has 0 unspecified atom stereocenters. The van der Waals surface area contributed by atoms with Crippen molar-refractivity contribution in [2.24, 2.45) is 4.99 Å². The number of nitrogen functional groups attached to an aromatic ring is 1. The highest BCUT2D eigenvalue weighted by Crippen LogP contribution is 2.28. The fraction of sp³-hybridized carbons (Fsp3) is 0.292. The van der Waals surface area contributed by atoms with Crippen LogP contribution in [0.2, 0.25) is 0 Å². The second-order valence-corrected chi connectivity index (χ2v) is 7.61. The third kappa shape index (κ3) is 4.83. The molecule has 1 fully saturated rings. The molecule has 0 spiro atoms. The molecular weight excluding hydrogens is 386 g/mol. The largest absolute Gasteiger partial charge is 0.398 e. The van der Waals surface area contributed by atoms with E-state index in [4.69, 9.17) is 15.7 Å². The molecule has 2 heterocycles. The Hall–Kier alpha value is -3.45. The Bertz CT molecular complexity index is 1060. The van der Waals surface area contributed by atoms with Gasteiger partial charge in [-0.25, -0.2) is 9.97 Å². The van der Waals surface area contributed by atoms with Gasteiger partial charge < -0.3 is 21.3 Å². The number of nitrogens with two attached hydrogens (primary N) is 1. The van der Waals surface area contributed by atoms with E-state index in [1.165, 1.54) is 5.56 Å². The van der Waals surface area contributed by atoms with Crippen LogP contribution < -0.4 is 21.3 Å². The SMILES string of the molecule is CN=C(C)c1cc(-c2cnc(NCc3ccccc3)c(N3CCNCC3)n2)ccc1N. The lowest BCUT2D eigenvalue weighted by atomic mass is 10.0. The molecule has 4 N–H and O–H groups in total. The highest BCUT2D eigenvalue weighted by atomic mass is 15.3.